The van der Waals surface area contributed by atoms with Crippen molar-refractivity contribution in [1.82, 2.24) is 15.1 Å². The van der Waals surface area contributed by atoms with E-state index in [4.69, 9.17) is 0 Å². The maximum atomic E-state index is 12.2. The first-order valence-corrected chi connectivity index (χ1v) is 9.06. The number of carbonyl (C=O) groups excluding carboxylic acids is 1. The van der Waals surface area contributed by atoms with Crippen LogP contribution in [0.3, 0.4) is 0 Å². The number of nitrogens with one attached hydrogen (secondary N) is 1. The third-order valence-corrected chi connectivity index (χ3v) is 4.90. The first kappa shape index (κ1) is 17.2. The fourth-order valence-electron chi connectivity index (χ4n) is 2.57. The molecule has 3 aromatic rings. The van der Waals surface area contributed by atoms with E-state index in [0.717, 1.165) is 22.0 Å². The minimum Gasteiger partial charge on any atom is -0.378 e. The SMILES string of the molecule is Cc1cc(-c2cccs2)nn1CCNC(=O)c1ccc(N(C)C)cc1. The van der Waals surface area contributed by atoms with Crippen molar-refractivity contribution >= 4 is 22.9 Å². The average molecular weight is 354 g/mol. The summed E-state index contributed by atoms with van der Waals surface area (Å²) >= 11 is 1.68. The van der Waals surface area contributed by atoms with Crippen molar-refractivity contribution in [2.24, 2.45) is 0 Å². The number of carbonyl (C=O) groups is 1. The highest BCUT2D eigenvalue weighted by atomic mass is 32.1. The van der Waals surface area contributed by atoms with Crippen molar-refractivity contribution in [2.75, 3.05) is 25.5 Å². The monoisotopic (exact) mass is 354 g/mol. The number of thiophene rings is 1. The van der Waals surface area contributed by atoms with Crippen molar-refractivity contribution in [3.63, 3.8) is 0 Å². The minimum atomic E-state index is -0.0615. The molecule has 0 saturated carbocycles. The van der Waals surface area contributed by atoms with E-state index in [-0.39, 0.29) is 5.91 Å². The highest BCUT2D eigenvalue weighted by Gasteiger charge is 2.09. The van der Waals surface area contributed by atoms with Crippen LogP contribution in [0.2, 0.25) is 0 Å². The Morgan fingerprint density at radius 2 is 2.00 bits per heavy atom. The molecule has 1 aromatic carbocycles. The van der Waals surface area contributed by atoms with Gasteiger partial charge in [-0.15, -0.1) is 11.3 Å². The maximum Gasteiger partial charge on any atom is 0.251 e. The van der Waals surface area contributed by atoms with E-state index >= 15 is 0 Å². The van der Waals surface area contributed by atoms with Gasteiger partial charge in [0.25, 0.3) is 5.91 Å². The van der Waals surface area contributed by atoms with Crippen LogP contribution < -0.4 is 10.2 Å². The van der Waals surface area contributed by atoms with E-state index in [1.807, 2.05) is 66.3 Å². The summed E-state index contributed by atoms with van der Waals surface area (Å²) in [6.45, 7) is 3.23. The standard InChI is InChI=1S/C19H22N4OS/c1-14-13-17(18-5-4-12-25-18)21-23(14)11-10-20-19(24)15-6-8-16(9-7-15)22(2)3/h4-9,12-13H,10-11H2,1-3H3,(H,20,24). The van der Waals surface area contributed by atoms with Crippen molar-refractivity contribution < 1.29 is 4.79 Å². The molecule has 2 heterocycles. The van der Waals surface area contributed by atoms with E-state index in [1.54, 1.807) is 11.3 Å². The molecular weight excluding hydrogens is 332 g/mol. The summed E-state index contributed by atoms with van der Waals surface area (Å²) in [6, 6.07) is 13.7. The molecule has 0 spiro atoms. The zero-order chi connectivity index (χ0) is 17.8. The average Bonchev–Trinajstić information content (AvgIpc) is 3.25. The molecule has 0 fully saturated rings. The molecule has 2 aromatic heterocycles. The van der Waals surface area contributed by atoms with Gasteiger partial charge in [0.2, 0.25) is 0 Å². The van der Waals surface area contributed by atoms with E-state index in [0.29, 0.717) is 18.7 Å². The predicted octanol–water partition coefficient (Wildman–Crippen LogP) is 3.42. The van der Waals surface area contributed by atoms with Crippen molar-refractivity contribution in [3.05, 3.63) is 59.1 Å². The van der Waals surface area contributed by atoms with E-state index in [9.17, 15) is 4.79 Å². The maximum absolute atomic E-state index is 12.2. The lowest BCUT2D eigenvalue weighted by Crippen LogP contribution is -2.27. The highest BCUT2D eigenvalue weighted by molar-refractivity contribution is 7.13. The first-order chi connectivity index (χ1) is 12.0. The van der Waals surface area contributed by atoms with Gasteiger partial charge in [-0.25, -0.2) is 0 Å². The van der Waals surface area contributed by atoms with Gasteiger partial charge in [-0.05, 0) is 48.7 Å². The Hall–Kier alpha value is -2.60. The summed E-state index contributed by atoms with van der Waals surface area (Å²) in [5, 5.41) is 9.63. The number of anilines is 1. The summed E-state index contributed by atoms with van der Waals surface area (Å²) < 4.78 is 1.93. The molecule has 0 aliphatic carbocycles. The number of rotatable bonds is 6. The molecule has 5 nitrogen and oxygen atoms in total. The third-order valence-electron chi connectivity index (χ3n) is 4.01. The molecule has 0 unspecified atom stereocenters. The summed E-state index contributed by atoms with van der Waals surface area (Å²) in [7, 11) is 3.96. The zero-order valence-electron chi connectivity index (χ0n) is 14.7. The fraction of sp³-hybridized carbons (Fsp3) is 0.263. The second kappa shape index (κ2) is 7.53. The van der Waals surface area contributed by atoms with Gasteiger partial charge < -0.3 is 10.2 Å². The summed E-state index contributed by atoms with van der Waals surface area (Å²) in [6.07, 6.45) is 0. The van der Waals surface area contributed by atoms with Crippen LogP contribution in [0.1, 0.15) is 16.1 Å². The second-order valence-electron chi connectivity index (χ2n) is 6.07. The Balaban J connectivity index is 1.56. The smallest absolute Gasteiger partial charge is 0.251 e. The van der Waals surface area contributed by atoms with Crippen molar-refractivity contribution in [1.29, 1.82) is 0 Å². The lowest BCUT2D eigenvalue weighted by molar-refractivity contribution is 0.0952. The van der Waals surface area contributed by atoms with Crippen LogP contribution >= 0.6 is 11.3 Å². The van der Waals surface area contributed by atoms with E-state index in [2.05, 4.69) is 22.5 Å². The van der Waals surface area contributed by atoms with Crippen LogP contribution in [0.15, 0.2) is 47.8 Å². The summed E-state index contributed by atoms with van der Waals surface area (Å²) in [5.74, 6) is -0.0615. The molecule has 0 aliphatic heterocycles. The third kappa shape index (κ3) is 4.09. The highest BCUT2D eigenvalue weighted by Crippen LogP contribution is 2.23. The number of aryl methyl sites for hydroxylation is 1. The Kier molecular flexibility index (Phi) is 5.19. The van der Waals surface area contributed by atoms with Gasteiger partial charge in [-0.1, -0.05) is 6.07 Å². The van der Waals surface area contributed by atoms with Crippen LogP contribution in [0.25, 0.3) is 10.6 Å². The molecule has 3 rings (SSSR count). The van der Waals surface area contributed by atoms with Crippen LogP contribution in [0.4, 0.5) is 5.69 Å². The predicted molar refractivity (Wildman–Crippen MR) is 103 cm³/mol. The summed E-state index contributed by atoms with van der Waals surface area (Å²) in [4.78, 5) is 15.4. The first-order valence-electron chi connectivity index (χ1n) is 8.18. The molecule has 0 bridgehead atoms. The Morgan fingerprint density at radius 1 is 1.24 bits per heavy atom. The Bertz CT molecular complexity index is 835. The number of amides is 1. The quantitative estimate of drug-likeness (QED) is 0.738. The lowest BCUT2D eigenvalue weighted by atomic mass is 10.2. The lowest BCUT2D eigenvalue weighted by Gasteiger charge is -2.12. The van der Waals surface area contributed by atoms with Gasteiger partial charge in [0.1, 0.15) is 5.69 Å². The zero-order valence-corrected chi connectivity index (χ0v) is 15.5. The number of aromatic nitrogens is 2. The molecular formula is C19H22N4OS. The number of hydrogen-bond donors (Lipinski definition) is 1. The van der Waals surface area contributed by atoms with Crippen molar-refractivity contribution in [2.45, 2.75) is 13.5 Å². The molecule has 1 N–H and O–H groups in total. The van der Waals surface area contributed by atoms with Gasteiger partial charge in [-0.2, -0.15) is 5.10 Å². The number of benzene rings is 1. The van der Waals surface area contributed by atoms with Crippen LogP contribution in [0.5, 0.6) is 0 Å². The molecule has 0 saturated heterocycles. The van der Waals surface area contributed by atoms with Crippen LogP contribution in [-0.2, 0) is 6.54 Å². The molecule has 1 amide bonds. The van der Waals surface area contributed by atoms with Crippen LogP contribution in [-0.4, -0.2) is 36.3 Å². The topological polar surface area (TPSA) is 50.2 Å². The Labute approximate surface area is 151 Å². The minimum absolute atomic E-state index is 0.0615. The molecule has 0 aliphatic rings. The van der Waals surface area contributed by atoms with E-state index in [1.165, 1.54) is 0 Å². The van der Waals surface area contributed by atoms with Crippen molar-refractivity contribution in [3.8, 4) is 10.6 Å². The molecule has 0 radical (unpaired) electrons. The summed E-state index contributed by atoms with van der Waals surface area (Å²) in [5.41, 5.74) is 3.82. The molecule has 0 atom stereocenters. The normalized spacial score (nSPS) is 10.7. The fourth-order valence-corrected chi connectivity index (χ4v) is 3.25. The van der Waals surface area contributed by atoms with Gasteiger partial charge in [-0.3, -0.25) is 9.48 Å². The molecule has 25 heavy (non-hydrogen) atoms. The largest absolute Gasteiger partial charge is 0.378 e. The molecule has 130 valence electrons. The second-order valence-corrected chi connectivity index (χ2v) is 7.02. The van der Waals surface area contributed by atoms with Gasteiger partial charge in [0.05, 0.1) is 11.4 Å². The number of hydrogen-bond acceptors (Lipinski definition) is 4. The Morgan fingerprint density at radius 3 is 2.64 bits per heavy atom. The van der Waals surface area contributed by atoms with Crippen LogP contribution in [0, 0.1) is 6.92 Å². The number of nitrogens with zero attached hydrogens (tertiary/aromatic N) is 3. The van der Waals surface area contributed by atoms with E-state index < -0.39 is 0 Å². The molecule has 6 heteroatoms. The van der Waals surface area contributed by atoms with Gasteiger partial charge >= 0.3 is 0 Å². The van der Waals surface area contributed by atoms with Gasteiger partial charge in [0.15, 0.2) is 0 Å². The van der Waals surface area contributed by atoms with Gasteiger partial charge in [0, 0.05) is 37.6 Å².